The Labute approximate surface area is 203 Å². The van der Waals surface area contributed by atoms with Crippen molar-refractivity contribution in [2.45, 2.75) is 31.2 Å². The number of nitrogens with zero attached hydrogens (tertiary/aromatic N) is 1. The number of nitrogens with one attached hydrogen (secondary N) is 2. The monoisotopic (exact) mass is 497 g/mol. The van der Waals surface area contributed by atoms with E-state index in [0.717, 1.165) is 23.1 Å². The first kappa shape index (κ1) is 23.8. The largest absolute Gasteiger partial charge is 0.344 e. The van der Waals surface area contributed by atoms with Crippen LogP contribution in [0.15, 0.2) is 71.6 Å². The minimum Gasteiger partial charge on any atom is -0.344 e. The lowest BCUT2D eigenvalue weighted by atomic mass is 10.0. The van der Waals surface area contributed by atoms with Gasteiger partial charge in [0.2, 0.25) is 0 Å². The van der Waals surface area contributed by atoms with E-state index in [0.29, 0.717) is 29.4 Å². The second-order valence-corrected chi connectivity index (χ2v) is 10.4. The van der Waals surface area contributed by atoms with Gasteiger partial charge in [-0.05, 0) is 67.3 Å². The lowest BCUT2D eigenvalue weighted by Crippen LogP contribution is -2.36. The quantitative estimate of drug-likeness (QED) is 0.520. The fraction of sp³-hybridized carbons (Fsp3) is 0.200. The SMILES string of the molecule is Cc1ccc(S(=O)(=O)N2CCCc3ccc(NC(=O)C(=O)NCc4ccc(Cl)cc4)cc32)cc1. The van der Waals surface area contributed by atoms with Gasteiger partial charge in [-0.3, -0.25) is 13.9 Å². The zero-order valence-electron chi connectivity index (χ0n) is 18.5. The van der Waals surface area contributed by atoms with Crippen LogP contribution in [0.1, 0.15) is 23.1 Å². The zero-order valence-corrected chi connectivity index (χ0v) is 20.1. The molecule has 9 heteroatoms. The van der Waals surface area contributed by atoms with Crippen LogP contribution in [0.3, 0.4) is 0 Å². The number of halogens is 1. The summed E-state index contributed by atoms with van der Waals surface area (Å²) in [4.78, 5) is 24.9. The lowest BCUT2D eigenvalue weighted by Gasteiger charge is -2.31. The van der Waals surface area contributed by atoms with Crippen molar-refractivity contribution in [3.63, 3.8) is 0 Å². The highest BCUT2D eigenvalue weighted by Gasteiger charge is 2.29. The maximum absolute atomic E-state index is 13.3. The maximum Gasteiger partial charge on any atom is 0.313 e. The van der Waals surface area contributed by atoms with Crippen LogP contribution in [0.5, 0.6) is 0 Å². The highest BCUT2D eigenvalue weighted by molar-refractivity contribution is 7.92. The van der Waals surface area contributed by atoms with Crippen LogP contribution < -0.4 is 14.9 Å². The minimum atomic E-state index is -3.76. The van der Waals surface area contributed by atoms with Crippen LogP contribution >= 0.6 is 11.6 Å². The third kappa shape index (κ3) is 5.24. The molecule has 1 heterocycles. The van der Waals surface area contributed by atoms with Gasteiger partial charge in [0.1, 0.15) is 0 Å². The molecule has 0 radical (unpaired) electrons. The molecule has 0 atom stereocenters. The fourth-order valence-corrected chi connectivity index (χ4v) is 5.42. The van der Waals surface area contributed by atoms with Crippen molar-refractivity contribution in [3.05, 3.63) is 88.4 Å². The average Bonchev–Trinajstić information content (AvgIpc) is 2.83. The number of fused-ring (bicyclic) bond motifs is 1. The van der Waals surface area contributed by atoms with Crippen molar-refractivity contribution in [1.82, 2.24) is 5.32 Å². The smallest absolute Gasteiger partial charge is 0.313 e. The van der Waals surface area contributed by atoms with Gasteiger partial charge in [-0.2, -0.15) is 0 Å². The number of benzene rings is 3. The molecule has 0 saturated heterocycles. The third-order valence-corrected chi connectivity index (χ3v) is 7.68. The number of hydrogen-bond donors (Lipinski definition) is 2. The number of sulfonamides is 1. The summed E-state index contributed by atoms with van der Waals surface area (Å²) in [5.41, 5.74) is 3.49. The molecule has 0 bridgehead atoms. The molecule has 0 aliphatic carbocycles. The van der Waals surface area contributed by atoms with Crippen LogP contribution in [-0.4, -0.2) is 26.8 Å². The normalized spacial score (nSPS) is 13.2. The van der Waals surface area contributed by atoms with Gasteiger partial charge in [-0.15, -0.1) is 0 Å². The Morgan fingerprint density at radius 1 is 0.971 bits per heavy atom. The Kier molecular flexibility index (Phi) is 6.90. The van der Waals surface area contributed by atoms with Gasteiger partial charge >= 0.3 is 11.8 Å². The molecule has 2 N–H and O–H groups in total. The van der Waals surface area contributed by atoms with E-state index in [9.17, 15) is 18.0 Å². The lowest BCUT2D eigenvalue weighted by molar-refractivity contribution is -0.136. The van der Waals surface area contributed by atoms with Gasteiger partial charge in [0.05, 0.1) is 10.6 Å². The molecular weight excluding hydrogens is 474 g/mol. The Balaban J connectivity index is 1.49. The summed E-state index contributed by atoms with van der Waals surface area (Å²) in [6, 6.07) is 18.7. The number of carbonyl (C=O) groups is 2. The highest BCUT2D eigenvalue weighted by atomic mass is 35.5. The number of carbonyl (C=O) groups excluding carboxylic acids is 2. The first-order valence-electron chi connectivity index (χ1n) is 10.8. The molecule has 1 aliphatic heterocycles. The topological polar surface area (TPSA) is 95.6 Å². The second-order valence-electron chi connectivity index (χ2n) is 8.10. The second kappa shape index (κ2) is 9.87. The summed E-state index contributed by atoms with van der Waals surface area (Å²) >= 11 is 5.85. The Bertz CT molecular complexity index is 1320. The molecular formula is C25H24ClN3O4S. The van der Waals surface area contributed by atoms with E-state index in [4.69, 9.17) is 11.6 Å². The summed E-state index contributed by atoms with van der Waals surface area (Å²) < 4.78 is 28.0. The number of amides is 2. The molecule has 0 aromatic heterocycles. The molecule has 0 unspecified atom stereocenters. The summed E-state index contributed by atoms with van der Waals surface area (Å²) in [5.74, 6) is -1.63. The van der Waals surface area contributed by atoms with Crippen molar-refractivity contribution in [2.24, 2.45) is 0 Å². The van der Waals surface area contributed by atoms with Gasteiger partial charge in [-0.1, -0.05) is 47.5 Å². The Morgan fingerprint density at radius 3 is 2.38 bits per heavy atom. The summed E-state index contributed by atoms with van der Waals surface area (Å²) in [6.45, 7) is 2.41. The van der Waals surface area contributed by atoms with E-state index in [1.807, 2.05) is 6.92 Å². The van der Waals surface area contributed by atoms with Crippen molar-refractivity contribution in [1.29, 1.82) is 0 Å². The van der Waals surface area contributed by atoms with E-state index in [2.05, 4.69) is 10.6 Å². The number of anilines is 2. The molecule has 0 saturated carbocycles. The molecule has 176 valence electrons. The van der Waals surface area contributed by atoms with Crippen LogP contribution in [-0.2, 0) is 32.6 Å². The summed E-state index contributed by atoms with van der Waals surface area (Å²) in [5, 5.41) is 5.70. The van der Waals surface area contributed by atoms with Crippen LogP contribution in [0.4, 0.5) is 11.4 Å². The summed E-state index contributed by atoms with van der Waals surface area (Å²) in [7, 11) is -3.76. The maximum atomic E-state index is 13.3. The first-order chi connectivity index (χ1) is 16.2. The molecule has 7 nitrogen and oxygen atoms in total. The van der Waals surface area contributed by atoms with E-state index in [1.165, 1.54) is 4.31 Å². The molecule has 1 aliphatic rings. The molecule has 0 fully saturated rings. The molecule has 4 rings (SSSR count). The average molecular weight is 498 g/mol. The van der Waals surface area contributed by atoms with Crippen LogP contribution in [0, 0.1) is 6.92 Å². The van der Waals surface area contributed by atoms with Gasteiger partial charge < -0.3 is 10.6 Å². The van der Waals surface area contributed by atoms with Gasteiger partial charge in [0.25, 0.3) is 10.0 Å². The summed E-state index contributed by atoms with van der Waals surface area (Å²) in [6.07, 6.45) is 1.42. The van der Waals surface area contributed by atoms with Crippen molar-refractivity contribution < 1.29 is 18.0 Å². The number of hydrogen-bond acceptors (Lipinski definition) is 4. The predicted molar refractivity (Wildman–Crippen MR) is 132 cm³/mol. The van der Waals surface area contributed by atoms with E-state index >= 15 is 0 Å². The highest BCUT2D eigenvalue weighted by Crippen LogP contribution is 2.34. The molecule has 34 heavy (non-hydrogen) atoms. The minimum absolute atomic E-state index is 0.177. The van der Waals surface area contributed by atoms with Gasteiger partial charge in [-0.25, -0.2) is 8.42 Å². The molecule has 2 amide bonds. The Hall–Kier alpha value is -3.36. The van der Waals surface area contributed by atoms with Crippen molar-refractivity contribution >= 4 is 44.8 Å². The van der Waals surface area contributed by atoms with E-state index in [-0.39, 0.29) is 11.4 Å². The van der Waals surface area contributed by atoms with Crippen LogP contribution in [0.25, 0.3) is 0 Å². The molecule has 3 aromatic rings. The zero-order chi connectivity index (χ0) is 24.3. The molecule has 3 aromatic carbocycles. The first-order valence-corrected chi connectivity index (χ1v) is 12.6. The standard InChI is InChI=1S/C25H24ClN3O4S/c1-17-4-12-22(13-5-17)34(32,33)29-14-2-3-19-8-11-21(15-23(19)29)28-25(31)24(30)27-16-18-6-9-20(26)10-7-18/h4-13,15H,2-3,14,16H2,1H3,(H,27,30)(H,28,31). The molecule has 0 spiro atoms. The van der Waals surface area contributed by atoms with E-state index in [1.54, 1.807) is 66.7 Å². The third-order valence-electron chi connectivity index (χ3n) is 5.60. The van der Waals surface area contributed by atoms with Gasteiger partial charge in [0.15, 0.2) is 0 Å². The van der Waals surface area contributed by atoms with Crippen LogP contribution in [0.2, 0.25) is 5.02 Å². The number of rotatable bonds is 5. The van der Waals surface area contributed by atoms with Gasteiger partial charge in [0, 0.05) is 23.8 Å². The van der Waals surface area contributed by atoms with Crippen molar-refractivity contribution in [2.75, 3.05) is 16.2 Å². The number of aryl methyl sites for hydroxylation is 2. The van der Waals surface area contributed by atoms with E-state index < -0.39 is 21.8 Å². The predicted octanol–water partition coefficient (Wildman–Crippen LogP) is 4.04. The fourth-order valence-electron chi connectivity index (χ4n) is 3.76. The Morgan fingerprint density at radius 2 is 1.68 bits per heavy atom. The van der Waals surface area contributed by atoms with Crippen molar-refractivity contribution in [3.8, 4) is 0 Å².